The van der Waals surface area contributed by atoms with Crippen molar-refractivity contribution in [2.45, 2.75) is 0 Å². The number of nitro groups is 1. The van der Waals surface area contributed by atoms with Crippen LogP contribution in [0.1, 0.15) is 5.56 Å². The normalized spacial score (nSPS) is 10.1. The highest BCUT2D eigenvalue weighted by atomic mass is 35.5. The third kappa shape index (κ3) is 2.86. The number of benzene rings is 2. The first-order chi connectivity index (χ1) is 9.49. The number of halogens is 1. The summed E-state index contributed by atoms with van der Waals surface area (Å²) in [4.78, 5) is 10.4. The smallest absolute Gasteiger partial charge is 0.311 e. The van der Waals surface area contributed by atoms with Gasteiger partial charge >= 0.3 is 5.69 Å². The molecule has 0 aliphatic rings. The first kappa shape index (κ1) is 13.8. The highest BCUT2D eigenvalue weighted by Gasteiger charge is 2.17. The highest BCUT2D eigenvalue weighted by molar-refractivity contribution is 6.30. The van der Waals surface area contributed by atoms with Crippen LogP contribution >= 0.6 is 11.6 Å². The first-order valence-electron chi connectivity index (χ1n) is 5.54. The molecule has 20 heavy (non-hydrogen) atoms. The van der Waals surface area contributed by atoms with Crippen LogP contribution in [0.2, 0.25) is 5.02 Å². The first-order valence-corrected chi connectivity index (χ1v) is 5.92. The molecule has 6 nitrogen and oxygen atoms in total. The number of para-hydroxylation sites is 1. The number of nitrogen functional groups attached to an aromatic ring is 1. The fraction of sp³-hybridized carbons (Fsp3) is 0. The Morgan fingerprint density at radius 3 is 2.60 bits per heavy atom. The van der Waals surface area contributed by atoms with Gasteiger partial charge in [-0.15, -0.1) is 0 Å². The summed E-state index contributed by atoms with van der Waals surface area (Å²) in [6.45, 7) is 0. The molecule has 0 saturated carbocycles. The van der Waals surface area contributed by atoms with E-state index in [1.807, 2.05) is 0 Å². The zero-order valence-corrected chi connectivity index (χ0v) is 10.9. The standard InChI is InChI=1S/C13H10ClN3O3/c14-8-5-6-10(17(18)19)12(7-8)20-11-4-2-1-3-9(11)13(15)16/h1-7H,(H3,15,16). The van der Waals surface area contributed by atoms with Gasteiger partial charge in [0, 0.05) is 17.2 Å². The van der Waals surface area contributed by atoms with E-state index in [9.17, 15) is 10.1 Å². The van der Waals surface area contributed by atoms with Crippen LogP contribution < -0.4 is 10.5 Å². The average molecular weight is 292 g/mol. The molecule has 3 N–H and O–H groups in total. The Balaban J connectivity index is 2.47. The minimum atomic E-state index is -0.567. The Morgan fingerprint density at radius 2 is 1.95 bits per heavy atom. The Morgan fingerprint density at radius 1 is 1.25 bits per heavy atom. The van der Waals surface area contributed by atoms with Gasteiger partial charge in [-0.3, -0.25) is 15.5 Å². The lowest BCUT2D eigenvalue weighted by Gasteiger charge is -2.10. The van der Waals surface area contributed by atoms with Gasteiger partial charge in [-0.25, -0.2) is 0 Å². The van der Waals surface area contributed by atoms with E-state index in [2.05, 4.69) is 0 Å². The number of nitro benzene ring substituents is 1. The number of nitrogens with zero attached hydrogens (tertiary/aromatic N) is 1. The Bertz CT molecular complexity index is 688. The van der Waals surface area contributed by atoms with Crippen LogP contribution in [0.25, 0.3) is 0 Å². The molecule has 0 aromatic heterocycles. The summed E-state index contributed by atoms with van der Waals surface area (Å²) < 4.78 is 5.50. The van der Waals surface area contributed by atoms with E-state index in [-0.39, 0.29) is 23.0 Å². The van der Waals surface area contributed by atoms with Crippen molar-refractivity contribution in [3.8, 4) is 11.5 Å². The van der Waals surface area contributed by atoms with E-state index >= 15 is 0 Å². The summed E-state index contributed by atoms with van der Waals surface area (Å²) in [6.07, 6.45) is 0. The number of ether oxygens (including phenoxy) is 1. The summed E-state index contributed by atoms with van der Waals surface area (Å²) in [5.74, 6) is 0.0619. The number of hydrogen-bond donors (Lipinski definition) is 2. The lowest BCUT2D eigenvalue weighted by atomic mass is 10.2. The SMILES string of the molecule is N=C(N)c1ccccc1Oc1cc(Cl)ccc1[N+](=O)[O-]. The fourth-order valence-electron chi connectivity index (χ4n) is 1.62. The van der Waals surface area contributed by atoms with E-state index in [4.69, 9.17) is 27.5 Å². The maximum absolute atomic E-state index is 11.0. The van der Waals surface area contributed by atoms with Gasteiger partial charge in [0.05, 0.1) is 10.5 Å². The van der Waals surface area contributed by atoms with Crippen LogP contribution in [-0.4, -0.2) is 10.8 Å². The molecule has 0 bridgehead atoms. The minimum absolute atomic E-state index is 0.00352. The number of hydrogen-bond acceptors (Lipinski definition) is 4. The van der Waals surface area contributed by atoms with E-state index in [1.165, 1.54) is 18.2 Å². The summed E-state index contributed by atoms with van der Waals surface area (Å²) in [6, 6.07) is 10.5. The summed E-state index contributed by atoms with van der Waals surface area (Å²) >= 11 is 5.82. The summed E-state index contributed by atoms with van der Waals surface area (Å²) in [5, 5.41) is 18.7. The van der Waals surface area contributed by atoms with Crippen LogP contribution in [0.3, 0.4) is 0 Å². The predicted molar refractivity (Wildman–Crippen MR) is 75.6 cm³/mol. The number of nitrogens with two attached hydrogens (primary N) is 1. The van der Waals surface area contributed by atoms with Gasteiger partial charge in [-0.05, 0) is 18.2 Å². The van der Waals surface area contributed by atoms with Crippen molar-refractivity contribution in [1.82, 2.24) is 0 Å². The zero-order valence-electron chi connectivity index (χ0n) is 10.2. The van der Waals surface area contributed by atoms with Gasteiger partial charge in [0.1, 0.15) is 11.6 Å². The van der Waals surface area contributed by atoms with Crippen molar-refractivity contribution in [3.05, 3.63) is 63.2 Å². The largest absolute Gasteiger partial charge is 0.449 e. The molecular formula is C13H10ClN3O3. The molecule has 2 aromatic rings. The molecule has 0 fully saturated rings. The molecule has 0 aliphatic heterocycles. The third-order valence-electron chi connectivity index (χ3n) is 2.52. The molecule has 0 unspecified atom stereocenters. The summed E-state index contributed by atoms with van der Waals surface area (Å²) in [5.41, 5.74) is 5.57. The second-order valence-corrected chi connectivity index (χ2v) is 4.32. The molecule has 0 amide bonds. The highest BCUT2D eigenvalue weighted by Crippen LogP contribution is 2.34. The van der Waals surface area contributed by atoms with Crippen LogP contribution in [-0.2, 0) is 0 Å². The molecule has 0 aliphatic carbocycles. The molecule has 0 spiro atoms. The van der Waals surface area contributed by atoms with Crippen LogP contribution in [0.15, 0.2) is 42.5 Å². The van der Waals surface area contributed by atoms with Gasteiger partial charge < -0.3 is 10.5 Å². The Labute approximate surface area is 119 Å². The molecule has 0 saturated heterocycles. The molecular weight excluding hydrogens is 282 g/mol. The number of amidine groups is 1. The van der Waals surface area contributed by atoms with Crippen molar-refractivity contribution < 1.29 is 9.66 Å². The molecule has 102 valence electrons. The second kappa shape index (κ2) is 5.58. The topological polar surface area (TPSA) is 102 Å². The quantitative estimate of drug-likeness (QED) is 0.390. The monoisotopic (exact) mass is 291 g/mol. The molecule has 2 aromatic carbocycles. The predicted octanol–water partition coefficient (Wildman–Crippen LogP) is 3.32. The van der Waals surface area contributed by atoms with Gasteiger partial charge in [-0.2, -0.15) is 0 Å². The molecule has 0 heterocycles. The summed E-state index contributed by atoms with van der Waals surface area (Å²) in [7, 11) is 0. The van der Waals surface area contributed by atoms with Gasteiger partial charge in [0.15, 0.2) is 0 Å². The number of rotatable bonds is 4. The van der Waals surface area contributed by atoms with Crippen molar-refractivity contribution in [2.24, 2.45) is 5.73 Å². The van der Waals surface area contributed by atoms with Gasteiger partial charge in [0.25, 0.3) is 0 Å². The third-order valence-corrected chi connectivity index (χ3v) is 2.75. The van der Waals surface area contributed by atoms with E-state index in [0.717, 1.165) is 0 Å². The van der Waals surface area contributed by atoms with Crippen LogP contribution in [0, 0.1) is 15.5 Å². The fourth-order valence-corrected chi connectivity index (χ4v) is 1.78. The molecule has 2 rings (SSSR count). The van der Waals surface area contributed by atoms with Gasteiger partial charge in [0.2, 0.25) is 5.75 Å². The molecule has 0 radical (unpaired) electrons. The number of nitrogens with one attached hydrogen (secondary N) is 1. The van der Waals surface area contributed by atoms with E-state index in [1.54, 1.807) is 24.3 Å². The van der Waals surface area contributed by atoms with Crippen LogP contribution in [0.4, 0.5) is 5.69 Å². The van der Waals surface area contributed by atoms with E-state index < -0.39 is 4.92 Å². The zero-order chi connectivity index (χ0) is 14.7. The van der Waals surface area contributed by atoms with Crippen molar-refractivity contribution >= 4 is 23.1 Å². The van der Waals surface area contributed by atoms with Crippen molar-refractivity contribution in [3.63, 3.8) is 0 Å². The van der Waals surface area contributed by atoms with Crippen molar-refractivity contribution in [2.75, 3.05) is 0 Å². The maximum atomic E-state index is 11.0. The molecule has 7 heteroatoms. The van der Waals surface area contributed by atoms with Crippen LogP contribution in [0.5, 0.6) is 11.5 Å². The van der Waals surface area contributed by atoms with E-state index in [0.29, 0.717) is 10.6 Å². The Hall–Kier alpha value is -2.60. The lowest BCUT2D eigenvalue weighted by Crippen LogP contribution is -2.12. The van der Waals surface area contributed by atoms with Crippen molar-refractivity contribution in [1.29, 1.82) is 5.41 Å². The second-order valence-electron chi connectivity index (χ2n) is 3.88. The minimum Gasteiger partial charge on any atom is -0.449 e. The lowest BCUT2D eigenvalue weighted by molar-refractivity contribution is -0.385. The Kier molecular flexibility index (Phi) is 3.86. The molecule has 0 atom stereocenters. The maximum Gasteiger partial charge on any atom is 0.311 e. The van der Waals surface area contributed by atoms with Gasteiger partial charge in [-0.1, -0.05) is 23.7 Å². The average Bonchev–Trinajstić information content (AvgIpc) is 2.38.